The minimum atomic E-state index is -0.609. The Balaban J connectivity index is 1.93. The highest BCUT2D eigenvalue weighted by molar-refractivity contribution is 9.10. The van der Waals surface area contributed by atoms with Crippen molar-refractivity contribution in [1.82, 2.24) is 5.32 Å². The van der Waals surface area contributed by atoms with E-state index in [-0.39, 0.29) is 24.5 Å². The lowest BCUT2D eigenvalue weighted by atomic mass is 10.0. The number of amides is 1. The van der Waals surface area contributed by atoms with Gasteiger partial charge in [-0.1, -0.05) is 18.0 Å². The van der Waals surface area contributed by atoms with Crippen LogP contribution in [0.5, 0.6) is 5.75 Å². The number of carbonyl (C=O) groups excluding carboxylic acids is 1. The average molecular weight is 377 g/mol. The molecule has 0 heterocycles. The first-order valence-corrected chi connectivity index (χ1v) is 8.21. The number of rotatable bonds is 5. The van der Waals surface area contributed by atoms with E-state index >= 15 is 0 Å². The summed E-state index contributed by atoms with van der Waals surface area (Å²) >= 11 is 9.23. The van der Waals surface area contributed by atoms with Gasteiger partial charge in [-0.25, -0.2) is 0 Å². The Morgan fingerprint density at radius 3 is 3.00 bits per heavy atom. The predicted molar refractivity (Wildman–Crippen MR) is 85.6 cm³/mol. The smallest absolute Gasteiger partial charge is 0.261 e. The fraction of sp³-hybridized carbons (Fsp3) is 0.533. The highest BCUT2D eigenvalue weighted by atomic mass is 79.9. The molecule has 0 aromatic heterocycles. The van der Waals surface area contributed by atoms with Crippen molar-refractivity contribution in [2.24, 2.45) is 5.92 Å². The Labute approximate surface area is 138 Å². The van der Waals surface area contributed by atoms with Crippen LogP contribution in [-0.4, -0.2) is 29.8 Å². The van der Waals surface area contributed by atoms with Crippen molar-refractivity contribution in [2.45, 2.75) is 38.3 Å². The monoisotopic (exact) mass is 375 g/mol. The number of aliphatic hydroxyl groups excluding tert-OH is 1. The van der Waals surface area contributed by atoms with E-state index in [9.17, 15) is 9.90 Å². The molecule has 3 atom stereocenters. The van der Waals surface area contributed by atoms with Crippen molar-refractivity contribution in [1.29, 1.82) is 0 Å². The maximum atomic E-state index is 12.2. The zero-order chi connectivity index (χ0) is 15.4. The van der Waals surface area contributed by atoms with Gasteiger partial charge in [-0.3, -0.25) is 4.79 Å². The molecule has 21 heavy (non-hydrogen) atoms. The van der Waals surface area contributed by atoms with Gasteiger partial charge in [-0.2, -0.15) is 0 Å². The second kappa shape index (κ2) is 7.47. The molecule has 0 aliphatic heterocycles. The van der Waals surface area contributed by atoms with E-state index in [1.165, 1.54) is 0 Å². The van der Waals surface area contributed by atoms with E-state index < -0.39 is 6.10 Å². The summed E-state index contributed by atoms with van der Waals surface area (Å²) in [4.78, 5) is 12.2. The molecule has 4 nitrogen and oxygen atoms in total. The summed E-state index contributed by atoms with van der Waals surface area (Å²) in [6, 6.07) is 5.20. The molecule has 0 spiro atoms. The van der Waals surface area contributed by atoms with Crippen LogP contribution in [0.2, 0.25) is 5.02 Å². The summed E-state index contributed by atoms with van der Waals surface area (Å²) in [5, 5.41) is 12.8. The third-order valence-corrected chi connectivity index (χ3v) is 4.64. The van der Waals surface area contributed by atoms with E-state index in [0.717, 1.165) is 19.3 Å². The van der Waals surface area contributed by atoms with Crippen LogP contribution in [0, 0.1) is 5.92 Å². The molecular weight excluding hydrogens is 358 g/mol. The van der Waals surface area contributed by atoms with E-state index in [2.05, 4.69) is 21.2 Å². The van der Waals surface area contributed by atoms with Crippen molar-refractivity contribution in [3.8, 4) is 5.75 Å². The molecule has 1 aromatic rings. The minimum Gasteiger partial charge on any atom is -0.480 e. The largest absolute Gasteiger partial charge is 0.480 e. The standard InChI is InChI=1S/C15H19BrClNO3/c1-9(21-14-6-5-11(17)7-12(14)16)15(20)18-13-4-2-3-10(13)8-19/h5-7,9-10,13,19H,2-4,8H2,1H3,(H,18,20). The second-order valence-electron chi connectivity index (χ2n) is 5.32. The second-order valence-corrected chi connectivity index (χ2v) is 6.61. The van der Waals surface area contributed by atoms with E-state index in [0.29, 0.717) is 15.2 Å². The Hall–Kier alpha value is -0.780. The quantitative estimate of drug-likeness (QED) is 0.830. The predicted octanol–water partition coefficient (Wildman–Crippen LogP) is 3.15. The molecule has 1 saturated carbocycles. The first-order chi connectivity index (χ1) is 10.0. The lowest BCUT2D eigenvalue weighted by Crippen LogP contribution is -2.44. The zero-order valence-electron chi connectivity index (χ0n) is 11.8. The molecule has 116 valence electrons. The zero-order valence-corrected chi connectivity index (χ0v) is 14.2. The molecule has 0 saturated heterocycles. The van der Waals surface area contributed by atoms with Gasteiger partial charge < -0.3 is 15.2 Å². The highest BCUT2D eigenvalue weighted by Gasteiger charge is 2.29. The van der Waals surface area contributed by atoms with Crippen LogP contribution in [0.4, 0.5) is 0 Å². The number of nitrogens with one attached hydrogen (secondary N) is 1. The van der Waals surface area contributed by atoms with Crippen LogP contribution in [0.3, 0.4) is 0 Å². The summed E-state index contributed by atoms with van der Waals surface area (Å²) < 4.78 is 6.37. The van der Waals surface area contributed by atoms with Crippen LogP contribution in [0.1, 0.15) is 26.2 Å². The Kier molecular flexibility index (Phi) is 5.90. The summed E-state index contributed by atoms with van der Waals surface area (Å²) in [7, 11) is 0. The summed E-state index contributed by atoms with van der Waals surface area (Å²) in [6.07, 6.45) is 2.30. The molecule has 1 amide bonds. The SMILES string of the molecule is CC(Oc1ccc(Cl)cc1Br)C(=O)NC1CCCC1CO. The van der Waals surface area contributed by atoms with Crippen molar-refractivity contribution in [3.63, 3.8) is 0 Å². The molecule has 0 radical (unpaired) electrons. The van der Waals surface area contributed by atoms with Gasteiger partial charge >= 0.3 is 0 Å². The number of hydrogen-bond donors (Lipinski definition) is 2. The lowest BCUT2D eigenvalue weighted by molar-refractivity contribution is -0.128. The lowest BCUT2D eigenvalue weighted by Gasteiger charge is -2.22. The van der Waals surface area contributed by atoms with Gasteiger partial charge in [0.25, 0.3) is 5.91 Å². The maximum Gasteiger partial charge on any atom is 0.261 e. The maximum absolute atomic E-state index is 12.2. The Bertz CT molecular complexity index is 512. The topological polar surface area (TPSA) is 58.6 Å². The summed E-state index contributed by atoms with van der Waals surface area (Å²) in [6.45, 7) is 1.82. The van der Waals surface area contributed by atoms with Crippen molar-refractivity contribution in [2.75, 3.05) is 6.61 Å². The van der Waals surface area contributed by atoms with Crippen molar-refractivity contribution < 1.29 is 14.6 Å². The van der Waals surface area contributed by atoms with Crippen LogP contribution in [0.25, 0.3) is 0 Å². The number of aliphatic hydroxyl groups is 1. The molecule has 2 rings (SSSR count). The number of carbonyl (C=O) groups is 1. The molecule has 6 heteroatoms. The summed E-state index contributed by atoms with van der Waals surface area (Å²) in [5.74, 6) is 0.567. The molecule has 3 unspecified atom stereocenters. The van der Waals surface area contributed by atoms with Gasteiger partial charge in [0, 0.05) is 23.6 Å². The third kappa shape index (κ3) is 4.34. The minimum absolute atomic E-state index is 0.0437. The first kappa shape index (κ1) is 16.6. The van der Waals surface area contributed by atoms with Gasteiger partial charge in [-0.15, -0.1) is 0 Å². The van der Waals surface area contributed by atoms with Crippen molar-refractivity contribution in [3.05, 3.63) is 27.7 Å². The average Bonchev–Trinajstić information content (AvgIpc) is 2.89. The molecule has 1 aliphatic rings. The Morgan fingerprint density at radius 2 is 2.33 bits per heavy atom. The molecule has 0 bridgehead atoms. The van der Waals surface area contributed by atoms with Gasteiger partial charge in [0.15, 0.2) is 6.10 Å². The Morgan fingerprint density at radius 1 is 1.57 bits per heavy atom. The molecule has 1 fully saturated rings. The van der Waals surface area contributed by atoms with Gasteiger partial charge in [0.1, 0.15) is 5.75 Å². The fourth-order valence-electron chi connectivity index (χ4n) is 2.56. The van der Waals surface area contributed by atoms with Crippen LogP contribution in [-0.2, 0) is 4.79 Å². The van der Waals surface area contributed by atoms with E-state index in [4.69, 9.17) is 16.3 Å². The van der Waals surface area contributed by atoms with Gasteiger partial charge in [0.2, 0.25) is 0 Å². The van der Waals surface area contributed by atoms with Crippen LogP contribution < -0.4 is 10.1 Å². The van der Waals surface area contributed by atoms with Crippen LogP contribution in [0.15, 0.2) is 22.7 Å². The van der Waals surface area contributed by atoms with E-state index in [1.807, 2.05) is 0 Å². The normalized spacial score (nSPS) is 22.9. The molecular formula is C15H19BrClNO3. The number of hydrogen-bond acceptors (Lipinski definition) is 3. The van der Waals surface area contributed by atoms with Crippen molar-refractivity contribution >= 4 is 33.4 Å². The highest BCUT2D eigenvalue weighted by Crippen LogP contribution is 2.29. The fourth-order valence-corrected chi connectivity index (χ4v) is 3.34. The molecule has 1 aromatic carbocycles. The van der Waals surface area contributed by atoms with Crippen LogP contribution >= 0.6 is 27.5 Å². The third-order valence-electron chi connectivity index (χ3n) is 3.79. The summed E-state index contributed by atoms with van der Waals surface area (Å²) in [5.41, 5.74) is 0. The number of ether oxygens (including phenoxy) is 1. The van der Waals surface area contributed by atoms with E-state index in [1.54, 1.807) is 25.1 Å². The first-order valence-electron chi connectivity index (χ1n) is 7.04. The number of benzene rings is 1. The molecule has 1 aliphatic carbocycles. The van der Waals surface area contributed by atoms with Gasteiger partial charge in [0.05, 0.1) is 4.47 Å². The van der Waals surface area contributed by atoms with Gasteiger partial charge in [-0.05, 0) is 53.9 Å². The molecule has 2 N–H and O–H groups in total. The number of halogens is 2.